The largest absolute Gasteiger partial charge is 0.465 e. The second-order valence-corrected chi connectivity index (χ2v) is 9.27. The van der Waals surface area contributed by atoms with Gasteiger partial charge >= 0.3 is 12.2 Å². The number of carbonyl (C=O) groups is 3. The predicted octanol–water partition coefficient (Wildman–Crippen LogP) is 5.10. The van der Waals surface area contributed by atoms with Crippen LogP contribution in [0, 0.1) is 11.8 Å². The molecule has 0 radical (unpaired) electrons. The van der Waals surface area contributed by atoms with Gasteiger partial charge in [-0.15, -0.1) is 11.3 Å². The van der Waals surface area contributed by atoms with Gasteiger partial charge in [0.1, 0.15) is 0 Å². The van der Waals surface area contributed by atoms with Gasteiger partial charge in [0.05, 0.1) is 5.69 Å². The summed E-state index contributed by atoms with van der Waals surface area (Å²) in [6.45, 7) is 15.5. The smallest absolute Gasteiger partial charge is 0.402 e. The van der Waals surface area contributed by atoms with Crippen molar-refractivity contribution in [1.82, 2.24) is 10.3 Å². The van der Waals surface area contributed by atoms with Crippen molar-refractivity contribution < 1.29 is 24.6 Å². The minimum atomic E-state index is -1.33. The molecule has 0 aliphatic rings. The fourth-order valence-corrected chi connectivity index (χ4v) is 2.49. The maximum Gasteiger partial charge on any atom is 0.402 e. The maximum absolute atomic E-state index is 11.0. The van der Waals surface area contributed by atoms with E-state index in [1.807, 2.05) is 12.4 Å². The highest BCUT2D eigenvalue weighted by molar-refractivity contribution is 7.14. The molecule has 35 heavy (non-hydrogen) atoms. The number of amides is 3. The van der Waals surface area contributed by atoms with Gasteiger partial charge in [-0.1, -0.05) is 65.8 Å². The number of anilines is 1. The second-order valence-electron chi connectivity index (χ2n) is 8.41. The summed E-state index contributed by atoms with van der Waals surface area (Å²) < 4.78 is 0. The van der Waals surface area contributed by atoms with E-state index in [1.165, 1.54) is 23.8 Å². The molecule has 8 N–H and O–H groups in total. The number of carboxylic acid groups (broad SMARTS) is 2. The van der Waals surface area contributed by atoms with Crippen molar-refractivity contribution in [3.8, 4) is 11.3 Å². The van der Waals surface area contributed by atoms with E-state index in [1.54, 1.807) is 0 Å². The summed E-state index contributed by atoms with van der Waals surface area (Å²) in [7, 11) is 1.95. The van der Waals surface area contributed by atoms with Crippen LogP contribution in [0.25, 0.3) is 11.3 Å². The number of carbonyl (C=O) groups excluding carboxylic acids is 1. The first-order chi connectivity index (χ1) is 16.1. The molecule has 1 heterocycles. The van der Waals surface area contributed by atoms with E-state index < -0.39 is 12.2 Å². The van der Waals surface area contributed by atoms with Gasteiger partial charge in [-0.25, -0.2) is 14.6 Å². The number of hydrogen-bond acceptors (Lipinski definition) is 6. The van der Waals surface area contributed by atoms with Gasteiger partial charge in [-0.05, 0) is 37.4 Å². The van der Waals surface area contributed by atoms with Gasteiger partial charge in [-0.2, -0.15) is 0 Å². The Morgan fingerprint density at radius 3 is 1.69 bits per heavy atom. The number of nitrogens with zero attached hydrogens (tertiary/aromatic N) is 1. The van der Waals surface area contributed by atoms with E-state index >= 15 is 0 Å². The maximum atomic E-state index is 11.0. The number of primary amides is 2. The first kappa shape index (κ1) is 36.4. The van der Waals surface area contributed by atoms with Crippen LogP contribution in [0.1, 0.15) is 54.0 Å². The zero-order valence-electron chi connectivity index (χ0n) is 22.1. The lowest BCUT2D eigenvalue weighted by molar-refractivity contribution is -0.114. The fraction of sp³-hybridized carbons (Fsp3) is 0.500. The average Bonchev–Trinajstić information content (AvgIpc) is 3.13. The van der Waals surface area contributed by atoms with Crippen LogP contribution in [0.15, 0.2) is 29.6 Å². The number of aromatic nitrogens is 1. The van der Waals surface area contributed by atoms with Gasteiger partial charge in [0.15, 0.2) is 5.13 Å². The SMILES string of the molecule is CC(C)C.CC(C)C.CNCCc1ccc(-c2csc(NC(C)=O)n2)cc1.NC(=O)O.NC(=O)O. The lowest BCUT2D eigenvalue weighted by atomic mass is 10.1. The lowest BCUT2D eigenvalue weighted by Crippen LogP contribution is -2.10. The van der Waals surface area contributed by atoms with Crippen LogP contribution in [-0.4, -0.2) is 46.9 Å². The number of likely N-dealkylation sites (N-methyl/N-ethyl adjacent to an activating group) is 1. The van der Waals surface area contributed by atoms with E-state index in [4.69, 9.17) is 19.8 Å². The Kier molecular flexibility index (Phi) is 23.5. The number of benzene rings is 1. The Morgan fingerprint density at radius 1 is 0.943 bits per heavy atom. The molecular formula is C24H43N5O5S. The summed E-state index contributed by atoms with van der Waals surface area (Å²) in [5.41, 5.74) is 11.3. The van der Waals surface area contributed by atoms with Crippen molar-refractivity contribution >= 4 is 34.6 Å². The molecule has 1 aromatic heterocycles. The minimum Gasteiger partial charge on any atom is -0.465 e. The summed E-state index contributed by atoms with van der Waals surface area (Å²) in [6, 6.07) is 8.36. The molecular weight excluding hydrogens is 470 g/mol. The molecule has 0 fully saturated rings. The van der Waals surface area contributed by atoms with Crippen molar-refractivity contribution in [3.63, 3.8) is 0 Å². The van der Waals surface area contributed by atoms with Crippen LogP contribution in [0.2, 0.25) is 0 Å². The highest BCUT2D eigenvalue weighted by Gasteiger charge is 2.05. The summed E-state index contributed by atoms with van der Waals surface area (Å²) in [5, 5.41) is 22.8. The highest BCUT2D eigenvalue weighted by atomic mass is 32.1. The molecule has 0 unspecified atom stereocenters. The first-order valence-corrected chi connectivity index (χ1v) is 11.9. The van der Waals surface area contributed by atoms with Crippen molar-refractivity contribution in [2.45, 2.75) is 54.9 Å². The molecule has 10 nitrogen and oxygen atoms in total. The third kappa shape index (κ3) is 33.1. The van der Waals surface area contributed by atoms with Crippen molar-refractivity contribution in [1.29, 1.82) is 0 Å². The minimum absolute atomic E-state index is 0.0942. The predicted molar refractivity (Wildman–Crippen MR) is 145 cm³/mol. The summed E-state index contributed by atoms with van der Waals surface area (Å²) >= 11 is 1.44. The van der Waals surface area contributed by atoms with E-state index in [2.05, 4.69) is 92.9 Å². The van der Waals surface area contributed by atoms with Gasteiger partial charge in [0.2, 0.25) is 5.91 Å². The molecule has 2 aromatic rings. The van der Waals surface area contributed by atoms with Gasteiger partial charge in [0.25, 0.3) is 0 Å². The molecule has 0 aliphatic carbocycles. The molecule has 0 atom stereocenters. The zero-order chi connectivity index (χ0) is 28.0. The average molecular weight is 514 g/mol. The van der Waals surface area contributed by atoms with Crippen molar-refractivity contribution in [2.75, 3.05) is 18.9 Å². The topological polar surface area (TPSA) is 181 Å². The van der Waals surface area contributed by atoms with Crippen LogP contribution in [0.5, 0.6) is 0 Å². The van der Waals surface area contributed by atoms with E-state index in [0.717, 1.165) is 36.1 Å². The highest BCUT2D eigenvalue weighted by Crippen LogP contribution is 2.25. The Balaban J connectivity index is -0.000000524. The molecule has 0 saturated carbocycles. The number of hydrogen-bond donors (Lipinski definition) is 6. The monoisotopic (exact) mass is 513 g/mol. The van der Waals surface area contributed by atoms with Crippen LogP contribution in [0.4, 0.5) is 14.7 Å². The molecule has 0 saturated heterocycles. The standard InChI is InChI=1S/C14H17N3OS.2C4H10.2CH3NO2/c1-10(18)16-14-17-13(9-19-14)12-5-3-11(4-6-12)7-8-15-2;2*1-4(2)3;2*2-1(3)4/h3-6,9,15H,7-8H2,1-2H3,(H,16,17,18);2*4H,1-3H3;2*2H2,(H,3,4). The zero-order valence-corrected chi connectivity index (χ0v) is 22.9. The quantitative estimate of drug-likeness (QED) is 0.321. The second kappa shape index (κ2) is 22.6. The van der Waals surface area contributed by atoms with Gasteiger partial charge < -0.3 is 32.3 Å². The summed E-state index contributed by atoms with van der Waals surface area (Å²) in [6.07, 6.45) is -1.65. The van der Waals surface area contributed by atoms with Crippen LogP contribution in [0.3, 0.4) is 0 Å². The molecule has 0 bridgehead atoms. The number of thiazole rings is 1. The lowest BCUT2D eigenvalue weighted by Gasteiger charge is -2.02. The van der Waals surface area contributed by atoms with Crippen LogP contribution < -0.4 is 22.1 Å². The van der Waals surface area contributed by atoms with E-state index in [0.29, 0.717) is 5.13 Å². The van der Waals surface area contributed by atoms with Gasteiger partial charge in [-0.3, -0.25) is 4.79 Å². The first-order valence-electron chi connectivity index (χ1n) is 11.1. The van der Waals surface area contributed by atoms with Crippen molar-refractivity contribution in [2.24, 2.45) is 23.3 Å². The van der Waals surface area contributed by atoms with Crippen LogP contribution in [-0.2, 0) is 11.2 Å². The molecule has 0 aliphatic heterocycles. The molecule has 0 spiro atoms. The Morgan fingerprint density at radius 2 is 1.34 bits per heavy atom. The Labute approximate surface area is 213 Å². The van der Waals surface area contributed by atoms with Crippen molar-refractivity contribution in [3.05, 3.63) is 35.2 Å². The fourth-order valence-electron chi connectivity index (χ4n) is 1.73. The van der Waals surface area contributed by atoms with Gasteiger partial charge in [0, 0.05) is 17.9 Å². The Bertz CT molecular complexity index is 792. The molecule has 2 rings (SSSR count). The number of nitrogens with two attached hydrogens (primary N) is 2. The number of rotatable bonds is 5. The molecule has 11 heteroatoms. The summed E-state index contributed by atoms with van der Waals surface area (Å²) in [4.78, 5) is 32.9. The Hall–Kier alpha value is -3.18. The number of nitrogens with one attached hydrogen (secondary N) is 2. The third-order valence-corrected chi connectivity index (χ3v) is 3.46. The third-order valence-electron chi connectivity index (χ3n) is 2.70. The van der Waals surface area contributed by atoms with E-state index in [-0.39, 0.29) is 5.91 Å². The van der Waals surface area contributed by atoms with E-state index in [9.17, 15) is 4.79 Å². The normalized spacial score (nSPS) is 9.09. The summed E-state index contributed by atoms with van der Waals surface area (Å²) in [5.74, 6) is 1.57. The van der Waals surface area contributed by atoms with Crippen LogP contribution >= 0.6 is 11.3 Å². The molecule has 1 aromatic carbocycles. The molecule has 3 amide bonds. The molecule has 200 valence electrons.